The summed E-state index contributed by atoms with van der Waals surface area (Å²) in [6.45, 7) is 1.03. The van der Waals surface area contributed by atoms with Crippen molar-refractivity contribution in [1.82, 2.24) is 4.98 Å². The van der Waals surface area contributed by atoms with Gasteiger partial charge in [0.25, 0.3) is 0 Å². The van der Waals surface area contributed by atoms with E-state index >= 15 is 0 Å². The molecule has 0 radical (unpaired) electrons. The Kier molecular flexibility index (Phi) is 2.85. The maximum atomic E-state index is 4.48. The van der Waals surface area contributed by atoms with Gasteiger partial charge in [-0.15, -0.1) is 0 Å². The van der Waals surface area contributed by atoms with Crippen LogP contribution < -0.4 is 4.90 Å². The zero-order chi connectivity index (χ0) is 11.7. The Hall–Kier alpha value is -1.35. The second kappa shape index (κ2) is 4.49. The van der Waals surface area contributed by atoms with Crippen LogP contribution in [0.3, 0.4) is 0 Å². The average molecular weight is 289 g/mol. The number of halogens is 1. The number of benzene rings is 1. The standard InChI is InChI=1S/C14H13BrN2/c15-12-7-3-9-16-14(12)17-10-4-6-11-5-1-2-8-13(11)17/h1-3,5,7-9H,4,6,10H2. The Bertz CT molecular complexity index is 539. The third-order valence-corrected chi connectivity index (χ3v) is 3.72. The highest BCUT2D eigenvalue weighted by Crippen LogP contribution is 2.35. The molecule has 3 heteroatoms. The van der Waals surface area contributed by atoms with Crippen molar-refractivity contribution in [2.75, 3.05) is 11.4 Å². The van der Waals surface area contributed by atoms with E-state index in [2.05, 4.69) is 50.1 Å². The van der Waals surface area contributed by atoms with Gasteiger partial charge in [-0.25, -0.2) is 4.98 Å². The van der Waals surface area contributed by atoms with Crippen molar-refractivity contribution >= 4 is 27.4 Å². The number of rotatable bonds is 1. The number of anilines is 2. The van der Waals surface area contributed by atoms with Crippen molar-refractivity contribution < 1.29 is 0 Å². The van der Waals surface area contributed by atoms with Crippen LogP contribution in [0.15, 0.2) is 47.1 Å². The highest BCUT2D eigenvalue weighted by Gasteiger charge is 2.19. The van der Waals surface area contributed by atoms with Crippen LogP contribution in [0.4, 0.5) is 11.5 Å². The largest absolute Gasteiger partial charge is 0.325 e. The fourth-order valence-electron chi connectivity index (χ4n) is 2.33. The Morgan fingerprint density at radius 2 is 2.00 bits per heavy atom. The van der Waals surface area contributed by atoms with Gasteiger partial charge in [0.2, 0.25) is 0 Å². The van der Waals surface area contributed by atoms with Gasteiger partial charge in [-0.2, -0.15) is 0 Å². The number of aryl methyl sites for hydroxylation is 1. The Labute approximate surface area is 109 Å². The van der Waals surface area contributed by atoms with E-state index in [4.69, 9.17) is 0 Å². The Morgan fingerprint density at radius 3 is 2.88 bits per heavy atom. The van der Waals surface area contributed by atoms with E-state index in [1.807, 2.05) is 18.3 Å². The van der Waals surface area contributed by atoms with E-state index in [-0.39, 0.29) is 0 Å². The molecule has 0 saturated carbocycles. The summed E-state index contributed by atoms with van der Waals surface area (Å²) in [4.78, 5) is 6.77. The molecular formula is C14H13BrN2. The van der Waals surface area contributed by atoms with Gasteiger partial charge in [-0.1, -0.05) is 18.2 Å². The lowest BCUT2D eigenvalue weighted by atomic mass is 10.0. The van der Waals surface area contributed by atoms with E-state index < -0.39 is 0 Å². The van der Waals surface area contributed by atoms with Crippen LogP contribution in [0.1, 0.15) is 12.0 Å². The summed E-state index contributed by atoms with van der Waals surface area (Å²) < 4.78 is 1.05. The molecule has 17 heavy (non-hydrogen) atoms. The van der Waals surface area contributed by atoms with Gasteiger partial charge in [-0.3, -0.25) is 0 Å². The summed E-state index contributed by atoms with van der Waals surface area (Å²) in [5, 5.41) is 0. The third kappa shape index (κ3) is 1.95. The number of hydrogen-bond acceptors (Lipinski definition) is 2. The van der Waals surface area contributed by atoms with E-state index in [1.165, 1.54) is 17.7 Å². The molecule has 0 N–H and O–H groups in total. The third-order valence-electron chi connectivity index (χ3n) is 3.10. The van der Waals surface area contributed by atoms with E-state index in [0.717, 1.165) is 23.3 Å². The fourth-order valence-corrected chi connectivity index (χ4v) is 2.80. The summed E-state index contributed by atoms with van der Waals surface area (Å²) in [6, 6.07) is 12.6. The lowest BCUT2D eigenvalue weighted by Gasteiger charge is -2.30. The molecule has 1 aromatic heterocycles. The van der Waals surface area contributed by atoms with Gasteiger partial charge >= 0.3 is 0 Å². The second-order valence-corrected chi connectivity index (χ2v) is 5.05. The number of pyridine rings is 1. The highest BCUT2D eigenvalue weighted by atomic mass is 79.9. The smallest absolute Gasteiger partial charge is 0.147 e. The number of fused-ring (bicyclic) bond motifs is 1. The van der Waals surface area contributed by atoms with Gasteiger partial charge in [-0.05, 0) is 52.5 Å². The lowest BCUT2D eigenvalue weighted by molar-refractivity contribution is 0.758. The average Bonchev–Trinajstić information content (AvgIpc) is 2.39. The molecule has 2 aromatic rings. The van der Waals surface area contributed by atoms with Crippen molar-refractivity contribution in [2.45, 2.75) is 12.8 Å². The van der Waals surface area contributed by atoms with Crippen molar-refractivity contribution in [3.05, 3.63) is 52.6 Å². The summed E-state index contributed by atoms with van der Waals surface area (Å²) >= 11 is 3.58. The molecule has 0 unspecified atom stereocenters. The van der Waals surface area contributed by atoms with E-state index in [0.29, 0.717) is 0 Å². The minimum Gasteiger partial charge on any atom is -0.325 e. The summed E-state index contributed by atoms with van der Waals surface area (Å²) in [7, 11) is 0. The molecule has 0 spiro atoms. The first-order chi connectivity index (χ1) is 8.36. The van der Waals surface area contributed by atoms with Crippen molar-refractivity contribution in [2.24, 2.45) is 0 Å². The predicted molar refractivity (Wildman–Crippen MR) is 73.7 cm³/mol. The van der Waals surface area contributed by atoms with Gasteiger partial charge < -0.3 is 4.90 Å². The molecule has 0 fully saturated rings. The molecule has 1 aromatic carbocycles. The van der Waals surface area contributed by atoms with Crippen LogP contribution in [-0.2, 0) is 6.42 Å². The maximum Gasteiger partial charge on any atom is 0.147 e. The molecule has 1 aliphatic rings. The van der Waals surface area contributed by atoms with Crippen LogP contribution in [0.25, 0.3) is 0 Å². The molecule has 0 saturated heterocycles. The molecule has 2 nitrogen and oxygen atoms in total. The maximum absolute atomic E-state index is 4.48. The van der Waals surface area contributed by atoms with Crippen LogP contribution in [0.5, 0.6) is 0 Å². The predicted octanol–water partition coefficient (Wildman–Crippen LogP) is 3.93. The summed E-state index contributed by atoms with van der Waals surface area (Å²) in [5.41, 5.74) is 2.70. The first-order valence-electron chi connectivity index (χ1n) is 5.82. The quantitative estimate of drug-likeness (QED) is 0.790. The number of hydrogen-bond donors (Lipinski definition) is 0. The molecule has 1 aliphatic heterocycles. The van der Waals surface area contributed by atoms with Crippen molar-refractivity contribution in [3.63, 3.8) is 0 Å². The lowest BCUT2D eigenvalue weighted by Crippen LogP contribution is -2.25. The SMILES string of the molecule is Brc1cccnc1N1CCCc2ccccc21. The zero-order valence-electron chi connectivity index (χ0n) is 9.44. The topological polar surface area (TPSA) is 16.1 Å². The van der Waals surface area contributed by atoms with Gasteiger partial charge in [0, 0.05) is 18.4 Å². The monoisotopic (exact) mass is 288 g/mol. The molecule has 0 atom stereocenters. The van der Waals surface area contributed by atoms with Crippen LogP contribution in [0.2, 0.25) is 0 Å². The molecule has 86 valence electrons. The Balaban J connectivity index is 2.09. The summed E-state index contributed by atoms with van der Waals surface area (Å²) in [6.07, 6.45) is 4.19. The van der Waals surface area contributed by atoms with E-state index in [1.54, 1.807) is 0 Å². The minimum absolute atomic E-state index is 1.01. The highest BCUT2D eigenvalue weighted by molar-refractivity contribution is 9.10. The zero-order valence-corrected chi connectivity index (χ0v) is 11.0. The fraction of sp³-hybridized carbons (Fsp3) is 0.214. The van der Waals surface area contributed by atoms with Crippen LogP contribution in [-0.4, -0.2) is 11.5 Å². The minimum atomic E-state index is 1.01. The number of para-hydroxylation sites is 1. The molecule has 0 bridgehead atoms. The molecular weight excluding hydrogens is 276 g/mol. The molecule has 0 amide bonds. The van der Waals surface area contributed by atoms with Crippen LogP contribution in [0, 0.1) is 0 Å². The van der Waals surface area contributed by atoms with Gasteiger partial charge in [0.1, 0.15) is 5.82 Å². The van der Waals surface area contributed by atoms with Crippen molar-refractivity contribution in [3.8, 4) is 0 Å². The van der Waals surface area contributed by atoms with Gasteiger partial charge in [0.05, 0.1) is 4.47 Å². The normalized spacial score (nSPS) is 14.5. The van der Waals surface area contributed by atoms with E-state index in [9.17, 15) is 0 Å². The summed E-state index contributed by atoms with van der Waals surface area (Å²) in [5.74, 6) is 1.01. The number of nitrogens with zero attached hydrogens (tertiary/aromatic N) is 2. The number of aromatic nitrogens is 1. The first kappa shape index (κ1) is 10.8. The first-order valence-corrected chi connectivity index (χ1v) is 6.61. The Morgan fingerprint density at radius 1 is 1.12 bits per heavy atom. The van der Waals surface area contributed by atoms with Gasteiger partial charge in [0.15, 0.2) is 0 Å². The molecule has 0 aliphatic carbocycles. The van der Waals surface area contributed by atoms with Crippen LogP contribution >= 0.6 is 15.9 Å². The molecule has 3 rings (SSSR count). The van der Waals surface area contributed by atoms with Crippen molar-refractivity contribution in [1.29, 1.82) is 0 Å². The molecule has 2 heterocycles. The second-order valence-electron chi connectivity index (χ2n) is 4.19.